The van der Waals surface area contributed by atoms with Gasteiger partial charge in [-0.15, -0.1) is 0 Å². The van der Waals surface area contributed by atoms with Crippen LogP contribution in [0.2, 0.25) is 0 Å². The van der Waals surface area contributed by atoms with Crippen LogP contribution in [0.1, 0.15) is 28.2 Å². The Morgan fingerprint density at radius 1 is 1.25 bits per heavy atom. The minimum Gasteiger partial charge on any atom is -0.374 e. The molecule has 122 valence electrons. The highest BCUT2D eigenvalue weighted by atomic mass is 16.1. The van der Waals surface area contributed by atoms with Gasteiger partial charge in [0.05, 0.1) is 0 Å². The highest BCUT2D eigenvalue weighted by Crippen LogP contribution is 2.28. The summed E-state index contributed by atoms with van der Waals surface area (Å²) in [5.74, 6) is -0.179. The molecule has 0 saturated carbocycles. The van der Waals surface area contributed by atoms with Crippen LogP contribution in [0.5, 0.6) is 0 Å². The molecule has 4 rings (SSSR count). The number of fused-ring (bicyclic) bond motifs is 2. The average molecular weight is 320 g/mol. The van der Waals surface area contributed by atoms with Crippen LogP contribution in [-0.2, 0) is 6.42 Å². The first-order valence-electron chi connectivity index (χ1n) is 8.22. The summed E-state index contributed by atoms with van der Waals surface area (Å²) in [6.07, 6.45) is 3.98. The van der Waals surface area contributed by atoms with Gasteiger partial charge in [0, 0.05) is 36.9 Å². The molecule has 1 aliphatic rings. The molecule has 0 radical (unpaired) electrons. The number of imidazole rings is 1. The van der Waals surface area contributed by atoms with Crippen molar-refractivity contribution < 1.29 is 4.79 Å². The van der Waals surface area contributed by atoms with Crippen molar-refractivity contribution in [1.82, 2.24) is 9.38 Å². The van der Waals surface area contributed by atoms with Gasteiger partial charge in [-0.05, 0) is 55.7 Å². The molecule has 24 heavy (non-hydrogen) atoms. The number of hydrogen-bond acceptors (Lipinski definition) is 3. The molecule has 2 aromatic heterocycles. The molecule has 5 heteroatoms. The number of rotatable bonds is 2. The summed E-state index contributed by atoms with van der Waals surface area (Å²) < 4.78 is 1.93. The summed E-state index contributed by atoms with van der Waals surface area (Å²) in [6.45, 7) is 3.08. The maximum absolute atomic E-state index is 12.5. The number of carbonyl (C=O) groups is 1. The van der Waals surface area contributed by atoms with E-state index in [1.165, 1.54) is 11.3 Å². The first kappa shape index (κ1) is 14.8. The van der Waals surface area contributed by atoms with Gasteiger partial charge in [0.2, 0.25) is 0 Å². The third-order valence-electron chi connectivity index (χ3n) is 4.62. The monoisotopic (exact) mass is 320 g/mol. The largest absolute Gasteiger partial charge is 0.374 e. The molecule has 0 bridgehead atoms. The van der Waals surface area contributed by atoms with Gasteiger partial charge in [0.1, 0.15) is 11.3 Å². The van der Waals surface area contributed by atoms with Gasteiger partial charge >= 0.3 is 0 Å². The van der Waals surface area contributed by atoms with Gasteiger partial charge in [-0.25, -0.2) is 4.98 Å². The first-order chi connectivity index (χ1) is 11.6. The molecule has 5 nitrogen and oxygen atoms in total. The van der Waals surface area contributed by atoms with E-state index in [-0.39, 0.29) is 5.91 Å². The van der Waals surface area contributed by atoms with E-state index in [1.54, 1.807) is 6.20 Å². The minimum atomic E-state index is -0.179. The van der Waals surface area contributed by atoms with Crippen LogP contribution in [0, 0.1) is 6.92 Å². The van der Waals surface area contributed by atoms with E-state index in [1.807, 2.05) is 35.6 Å². The number of amides is 1. The molecule has 0 spiro atoms. The van der Waals surface area contributed by atoms with E-state index < -0.39 is 0 Å². The number of carbonyl (C=O) groups excluding carboxylic acids is 1. The second kappa shape index (κ2) is 5.67. The van der Waals surface area contributed by atoms with Crippen molar-refractivity contribution in [1.29, 1.82) is 0 Å². The zero-order chi connectivity index (χ0) is 16.7. The summed E-state index contributed by atoms with van der Waals surface area (Å²) in [4.78, 5) is 19.2. The maximum Gasteiger partial charge on any atom is 0.275 e. The lowest BCUT2D eigenvalue weighted by Gasteiger charge is -2.27. The normalized spacial score (nSPS) is 13.8. The Morgan fingerprint density at radius 3 is 2.96 bits per heavy atom. The summed E-state index contributed by atoms with van der Waals surface area (Å²) >= 11 is 0. The second-order valence-corrected chi connectivity index (χ2v) is 6.34. The smallest absolute Gasteiger partial charge is 0.275 e. The minimum absolute atomic E-state index is 0.179. The zero-order valence-corrected chi connectivity index (χ0v) is 13.9. The quantitative estimate of drug-likeness (QED) is 0.788. The van der Waals surface area contributed by atoms with Crippen molar-refractivity contribution >= 4 is 22.9 Å². The standard InChI is InChI=1S/C19H20N4O/c1-13-5-3-7-18-21-16(12-23(13)18)19(24)20-15-8-9-17-14(11-15)6-4-10-22(17)2/h3,5,7-9,11-12H,4,6,10H2,1-2H3,(H,20,24). The van der Waals surface area contributed by atoms with Crippen molar-refractivity contribution in [3.05, 3.63) is 59.5 Å². The van der Waals surface area contributed by atoms with Crippen LogP contribution >= 0.6 is 0 Å². The summed E-state index contributed by atoms with van der Waals surface area (Å²) in [6, 6.07) is 12.0. The number of benzene rings is 1. The molecule has 3 aromatic rings. The average Bonchev–Trinajstić information content (AvgIpc) is 3.01. The molecule has 3 heterocycles. The number of nitrogens with zero attached hydrogens (tertiary/aromatic N) is 3. The van der Waals surface area contributed by atoms with Crippen molar-refractivity contribution in [2.24, 2.45) is 0 Å². The fraction of sp³-hybridized carbons (Fsp3) is 0.263. The lowest BCUT2D eigenvalue weighted by molar-refractivity contribution is 0.102. The Bertz CT molecular complexity index is 928. The Labute approximate surface area is 140 Å². The lowest BCUT2D eigenvalue weighted by atomic mass is 10.0. The van der Waals surface area contributed by atoms with E-state index in [0.29, 0.717) is 5.69 Å². The van der Waals surface area contributed by atoms with Crippen molar-refractivity contribution in [2.45, 2.75) is 19.8 Å². The van der Waals surface area contributed by atoms with Crippen LogP contribution in [0.3, 0.4) is 0 Å². The molecule has 0 aliphatic carbocycles. The third-order valence-corrected chi connectivity index (χ3v) is 4.62. The van der Waals surface area contributed by atoms with E-state index >= 15 is 0 Å². The summed E-state index contributed by atoms with van der Waals surface area (Å²) in [7, 11) is 2.11. The van der Waals surface area contributed by atoms with Crippen LogP contribution in [0.25, 0.3) is 5.65 Å². The zero-order valence-electron chi connectivity index (χ0n) is 13.9. The van der Waals surface area contributed by atoms with Gasteiger partial charge in [-0.2, -0.15) is 0 Å². The van der Waals surface area contributed by atoms with Gasteiger partial charge < -0.3 is 14.6 Å². The molecule has 1 aliphatic heterocycles. The van der Waals surface area contributed by atoms with Crippen LogP contribution < -0.4 is 10.2 Å². The molecule has 0 atom stereocenters. The Kier molecular flexibility index (Phi) is 3.49. The van der Waals surface area contributed by atoms with E-state index in [2.05, 4.69) is 34.4 Å². The number of nitrogens with one attached hydrogen (secondary N) is 1. The van der Waals surface area contributed by atoms with Crippen molar-refractivity contribution in [3.63, 3.8) is 0 Å². The van der Waals surface area contributed by atoms with E-state index in [4.69, 9.17) is 0 Å². The molecule has 1 amide bonds. The van der Waals surface area contributed by atoms with Gasteiger partial charge in [0.15, 0.2) is 0 Å². The summed E-state index contributed by atoms with van der Waals surface area (Å²) in [5.41, 5.74) is 5.63. The molecule has 0 unspecified atom stereocenters. The van der Waals surface area contributed by atoms with E-state index in [9.17, 15) is 4.79 Å². The Balaban J connectivity index is 1.60. The first-order valence-corrected chi connectivity index (χ1v) is 8.22. The number of aryl methyl sites for hydroxylation is 2. The second-order valence-electron chi connectivity index (χ2n) is 6.34. The van der Waals surface area contributed by atoms with E-state index in [0.717, 1.165) is 36.4 Å². The fourth-order valence-electron chi connectivity index (χ4n) is 3.32. The Morgan fingerprint density at radius 2 is 2.12 bits per heavy atom. The number of pyridine rings is 1. The predicted molar refractivity (Wildman–Crippen MR) is 95.9 cm³/mol. The van der Waals surface area contributed by atoms with Gasteiger partial charge in [-0.3, -0.25) is 4.79 Å². The predicted octanol–water partition coefficient (Wildman–Crippen LogP) is 3.28. The fourth-order valence-corrected chi connectivity index (χ4v) is 3.32. The Hall–Kier alpha value is -2.82. The molecule has 0 fully saturated rings. The molecular formula is C19H20N4O. The van der Waals surface area contributed by atoms with Gasteiger partial charge in [-0.1, -0.05) is 6.07 Å². The third kappa shape index (κ3) is 2.52. The number of hydrogen-bond donors (Lipinski definition) is 1. The highest BCUT2D eigenvalue weighted by molar-refractivity contribution is 6.03. The molecule has 1 aromatic carbocycles. The van der Waals surface area contributed by atoms with Gasteiger partial charge in [0.25, 0.3) is 5.91 Å². The van der Waals surface area contributed by atoms with Crippen molar-refractivity contribution in [3.8, 4) is 0 Å². The molecule has 0 saturated heterocycles. The molecule has 1 N–H and O–H groups in total. The lowest BCUT2D eigenvalue weighted by Crippen LogP contribution is -2.24. The highest BCUT2D eigenvalue weighted by Gasteiger charge is 2.16. The van der Waals surface area contributed by atoms with Crippen LogP contribution in [-0.4, -0.2) is 28.9 Å². The maximum atomic E-state index is 12.5. The summed E-state index contributed by atoms with van der Waals surface area (Å²) in [5, 5.41) is 2.97. The molecular weight excluding hydrogens is 300 g/mol. The van der Waals surface area contributed by atoms with Crippen LogP contribution in [0.4, 0.5) is 11.4 Å². The van der Waals surface area contributed by atoms with Crippen LogP contribution in [0.15, 0.2) is 42.6 Å². The SMILES string of the molecule is Cc1cccc2nc(C(=O)Nc3ccc4c(c3)CCCN4C)cn12. The topological polar surface area (TPSA) is 49.6 Å². The number of aromatic nitrogens is 2. The van der Waals surface area contributed by atoms with Crippen molar-refractivity contribution in [2.75, 3.05) is 23.8 Å². The number of anilines is 2.